The molecule has 3 atom stereocenters. The number of allylic oxidation sites excluding steroid dienone is 2. The van der Waals surface area contributed by atoms with Gasteiger partial charge < -0.3 is 14.6 Å². The molecule has 128 valence electrons. The molecule has 1 N–H and O–H groups in total. The van der Waals surface area contributed by atoms with E-state index in [0.717, 1.165) is 0 Å². The molecule has 24 heavy (non-hydrogen) atoms. The summed E-state index contributed by atoms with van der Waals surface area (Å²) in [5.74, 6) is 0.407. The van der Waals surface area contributed by atoms with Crippen LogP contribution in [0, 0.1) is 11.8 Å². The number of aliphatic hydroxyl groups excluding tert-OH is 1. The lowest BCUT2D eigenvalue weighted by atomic mass is 9.85. The molecule has 1 heterocycles. The molecule has 2 aliphatic rings. The second kappa shape index (κ2) is 7.05. The molecule has 1 saturated heterocycles. The van der Waals surface area contributed by atoms with Crippen LogP contribution in [0.4, 0.5) is 0 Å². The van der Waals surface area contributed by atoms with Crippen molar-refractivity contribution >= 4 is 11.8 Å². The normalized spacial score (nSPS) is 24.0. The van der Waals surface area contributed by atoms with E-state index in [1.165, 1.54) is 4.90 Å². The van der Waals surface area contributed by atoms with Gasteiger partial charge in [0, 0.05) is 0 Å². The first kappa shape index (κ1) is 16.5. The third-order valence-corrected chi connectivity index (χ3v) is 4.49. The van der Waals surface area contributed by atoms with Crippen molar-refractivity contribution in [2.24, 2.45) is 11.8 Å². The van der Waals surface area contributed by atoms with Crippen molar-refractivity contribution < 1.29 is 24.2 Å². The van der Waals surface area contributed by atoms with Crippen molar-refractivity contribution in [2.45, 2.75) is 18.9 Å². The van der Waals surface area contributed by atoms with E-state index in [-0.39, 0.29) is 36.8 Å². The number of amides is 2. The summed E-state index contributed by atoms with van der Waals surface area (Å²) in [6.07, 6.45) is 4.17. The van der Waals surface area contributed by atoms with E-state index in [9.17, 15) is 14.7 Å². The van der Waals surface area contributed by atoms with Gasteiger partial charge in [0.1, 0.15) is 24.2 Å². The lowest BCUT2D eigenvalue weighted by Gasteiger charge is -2.19. The molecule has 0 aromatic heterocycles. The smallest absolute Gasteiger partial charge is 0.233 e. The maximum absolute atomic E-state index is 12.3. The molecule has 1 aromatic rings. The first-order valence-corrected chi connectivity index (χ1v) is 8.05. The van der Waals surface area contributed by atoms with Crippen LogP contribution in [0.25, 0.3) is 0 Å². The highest BCUT2D eigenvalue weighted by atomic mass is 16.5. The number of ether oxygens (including phenoxy) is 2. The number of fused-ring (bicyclic) bond motifs is 1. The fourth-order valence-corrected chi connectivity index (χ4v) is 3.18. The molecule has 6 heteroatoms. The lowest BCUT2D eigenvalue weighted by molar-refractivity contribution is -0.141. The number of benzene rings is 1. The molecule has 6 nitrogen and oxygen atoms in total. The number of carbonyl (C=O) groups is 2. The Balaban J connectivity index is 1.53. The Bertz CT molecular complexity index is 613. The van der Waals surface area contributed by atoms with E-state index in [0.29, 0.717) is 24.3 Å². The Kier molecular flexibility index (Phi) is 4.85. The fraction of sp³-hybridized carbons (Fsp3) is 0.444. The molecule has 0 unspecified atom stereocenters. The minimum Gasteiger partial charge on any atom is -0.497 e. The number of carbonyl (C=O) groups excluding carboxylic acids is 2. The number of hydrogen-bond donors (Lipinski definition) is 1. The van der Waals surface area contributed by atoms with Gasteiger partial charge in [-0.25, -0.2) is 0 Å². The van der Waals surface area contributed by atoms with Crippen molar-refractivity contribution in [2.75, 3.05) is 20.3 Å². The van der Waals surface area contributed by atoms with Crippen LogP contribution in [0.3, 0.4) is 0 Å². The van der Waals surface area contributed by atoms with Crippen LogP contribution >= 0.6 is 0 Å². The van der Waals surface area contributed by atoms with Crippen LogP contribution < -0.4 is 9.47 Å². The van der Waals surface area contributed by atoms with Gasteiger partial charge >= 0.3 is 0 Å². The molecular formula is C18H21NO5. The number of aliphatic hydroxyl groups is 1. The molecule has 3 rings (SSSR count). The first-order valence-electron chi connectivity index (χ1n) is 8.05. The topological polar surface area (TPSA) is 76.1 Å². The molecular weight excluding hydrogens is 310 g/mol. The van der Waals surface area contributed by atoms with Crippen LogP contribution in [-0.2, 0) is 9.59 Å². The summed E-state index contributed by atoms with van der Waals surface area (Å²) in [7, 11) is 1.58. The van der Waals surface area contributed by atoms with Gasteiger partial charge in [0.15, 0.2) is 0 Å². The van der Waals surface area contributed by atoms with E-state index in [1.54, 1.807) is 31.4 Å². The van der Waals surface area contributed by atoms with Gasteiger partial charge in [0.2, 0.25) is 11.8 Å². The van der Waals surface area contributed by atoms with E-state index in [4.69, 9.17) is 9.47 Å². The van der Waals surface area contributed by atoms with Crippen LogP contribution in [0.15, 0.2) is 36.4 Å². The zero-order valence-electron chi connectivity index (χ0n) is 13.6. The van der Waals surface area contributed by atoms with Gasteiger partial charge in [-0.15, -0.1) is 0 Å². The Morgan fingerprint density at radius 3 is 2.17 bits per heavy atom. The Morgan fingerprint density at radius 2 is 1.62 bits per heavy atom. The average Bonchev–Trinajstić information content (AvgIpc) is 2.86. The molecule has 0 radical (unpaired) electrons. The van der Waals surface area contributed by atoms with Gasteiger partial charge in [-0.2, -0.15) is 0 Å². The monoisotopic (exact) mass is 331 g/mol. The lowest BCUT2D eigenvalue weighted by Crippen LogP contribution is -2.40. The molecule has 0 bridgehead atoms. The number of β-amino-alcohol motifs (C(OH)–C–C–N with tert-alkyl or cyclic N) is 1. The maximum Gasteiger partial charge on any atom is 0.233 e. The predicted octanol–water partition coefficient (Wildman–Crippen LogP) is 1.39. The third-order valence-electron chi connectivity index (χ3n) is 4.49. The van der Waals surface area contributed by atoms with E-state index in [1.807, 2.05) is 12.2 Å². The molecule has 2 amide bonds. The summed E-state index contributed by atoms with van der Waals surface area (Å²) < 4.78 is 10.6. The standard InChI is InChI=1S/C18H21NO5/c1-23-13-6-8-14(9-7-13)24-11-12(20)10-19-17(21)15-4-2-3-5-16(15)18(19)22/h2-3,6-9,12,15-16,20H,4-5,10-11H2,1H3/t12-,15-,16-/m1/s1. The molecule has 1 aliphatic heterocycles. The third kappa shape index (κ3) is 3.28. The molecule has 1 fully saturated rings. The fourth-order valence-electron chi connectivity index (χ4n) is 3.18. The van der Waals surface area contributed by atoms with Gasteiger partial charge in [-0.1, -0.05) is 12.2 Å². The van der Waals surface area contributed by atoms with E-state index < -0.39 is 6.10 Å². The van der Waals surface area contributed by atoms with Gasteiger partial charge in [0.25, 0.3) is 0 Å². The molecule has 1 aliphatic carbocycles. The second-order valence-corrected chi connectivity index (χ2v) is 6.08. The zero-order valence-corrected chi connectivity index (χ0v) is 13.6. The van der Waals surface area contributed by atoms with Crippen molar-refractivity contribution in [1.82, 2.24) is 4.90 Å². The highest BCUT2D eigenvalue weighted by molar-refractivity contribution is 6.05. The first-order chi connectivity index (χ1) is 11.6. The number of rotatable bonds is 6. The Morgan fingerprint density at radius 1 is 1.08 bits per heavy atom. The van der Waals surface area contributed by atoms with E-state index >= 15 is 0 Å². The largest absolute Gasteiger partial charge is 0.497 e. The zero-order chi connectivity index (χ0) is 17.1. The van der Waals surface area contributed by atoms with Crippen molar-refractivity contribution in [3.8, 4) is 11.5 Å². The van der Waals surface area contributed by atoms with Crippen molar-refractivity contribution in [3.05, 3.63) is 36.4 Å². The Labute approximate surface area is 140 Å². The molecule has 1 aromatic carbocycles. The summed E-state index contributed by atoms with van der Waals surface area (Å²) >= 11 is 0. The van der Waals surface area contributed by atoms with Crippen LogP contribution in [0.1, 0.15) is 12.8 Å². The van der Waals surface area contributed by atoms with Crippen LogP contribution in [0.5, 0.6) is 11.5 Å². The van der Waals surface area contributed by atoms with Gasteiger partial charge in [0.05, 0.1) is 25.5 Å². The van der Waals surface area contributed by atoms with Crippen molar-refractivity contribution in [3.63, 3.8) is 0 Å². The van der Waals surface area contributed by atoms with Crippen LogP contribution in [-0.4, -0.2) is 48.2 Å². The van der Waals surface area contributed by atoms with Crippen molar-refractivity contribution in [1.29, 1.82) is 0 Å². The quantitative estimate of drug-likeness (QED) is 0.630. The number of imide groups is 1. The van der Waals surface area contributed by atoms with E-state index in [2.05, 4.69) is 0 Å². The number of likely N-dealkylation sites (tertiary alicyclic amines) is 1. The molecule has 0 spiro atoms. The summed E-state index contributed by atoms with van der Waals surface area (Å²) in [4.78, 5) is 25.9. The van der Waals surface area contributed by atoms with Gasteiger partial charge in [-0.3, -0.25) is 14.5 Å². The summed E-state index contributed by atoms with van der Waals surface area (Å²) in [5, 5.41) is 10.1. The maximum atomic E-state index is 12.3. The predicted molar refractivity (Wildman–Crippen MR) is 86.6 cm³/mol. The second-order valence-electron chi connectivity index (χ2n) is 6.08. The van der Waals surface area contributed by atoms with Crippen LogP contribution in [0.2, 0.25) is 0 Å². The number of nitrogens with zero attached hydrogens (tertiary/aromatic N) is 1. The number of methoxy groups -OCH3 is 1. The number of hydrogen-bond acceptors (Lipinski definition) is 5. The summed E-state index contributed by atoms with van der Waals surface area (Å²) in [5.41, 5.74) is 0. The average molecular weight is 331 g/mol. The summed E-state index contributed by atoms with van der Waals surface area (Å²) in [6.45, 7) is -0.0161. The SMILES string of the molecule is COc1ccc(OC[C@H](O)CN2C(=O)[C@@H]3CC=CC[C@H]3C2=O)cc1. The Hall–Kier alpha value is -2.34. The van der Waals surface area contributed by atoms with Gasteiger partial charge in [-0.05, 0) is 37.1 Å². The minimum absolute atomic E-state index is 0.0109. The summed E-state index contributed by atoms with van der Waals surface area (Å²) in [6, 6.07) is 6.98. The minimum atomic E-state index is -0.923. The highest BCUT2D eigenvalue weighted by Gasteiger charge is 2.47. The molecule has 0 saturated carbocycles. The highest BCUT2D eigenvalue weighted by Crippen LogP contribution is 2.35.